The second kappa shape index (κ2) is 16.0. The molecule has 0 rings (SSSR count). The molecule has 0 amide bonds. The molecular formula is C9H20O. The van der Waals surface area contributed by atoms with Crippen molar-refractivity contribution >= 4 is 0 Å². The molecule has 10 heavy (non-hydrogen) atoms. The van der Waals surface area contributed by atoms with Crippen LogP contribution in [0.5, 0.6) is 0 Å². The zero-order valence-corrected chi connectivity index (χ0v) is 7.52. The molecule has 0 atom stereocenters. The molecular weight excluding hydrogens is 124 g/mol. The van der Waals surface area contributed by atoms with Gasteiger partial charge in [0.2, 0.25) is 0 Å². The minimum atomic E-state index is 0.111. The number of rotatable bonds is 4. The summed E-state index contributed by atoms with van der Waals surface area (Å²) < 4.78 is 0. The van der Waals surface area contributed by atoms with Crippen molar-refractivity contribution in [2.75, 3.05) is 6.61 Å². The highest BCUT2D eigenvalue weighted by atomic mass is 16.2. The van der Waals surface area contributed by atoms with Crippen LogP contribution in [0.4, 0.5) is 0 Å². The van der Waals surface area contributed by atoms with Crippen LogP contribution in [0.2, 0.25) is 0 Å². The fraction of sp³-hybridized carbons (Fsp3) is 0.889. The molecule has 0 aliphatic rings. The Balaban J connectivity index is 0. The Morgan fingerprint density at radius 1 is 1.10 bits per heavy atom. The van der Waals surface area contributed by atoms with Crippen molar-refractivity contribution in [1.29, 1.82) is 0 Å². The first-order chi connectivity index (χ1) is 4.83. The average molecular weight is 144 g/mol. The molecule has 2 radical (unpaired) electrons. The highest BCUT2D eigenvalue weighted by Crippen LogP contribution is 1.96. The molecule has 0 aromatic heterocycles. The third kappa shape index (κ3) is 24.6. The Morgan fingerprint density at radius 2 is 1.60 bits per heavy atom. The SMILES string of the molecule is CCCCCC[O].C[CH]C. The summed E-state index contributed by atoms with van der Waals surface area (Å²) in [4.78, 5) is 0. The molecule has 0 heterocycles. The lowest BCUT2D eigenvalue weighted by Crippen LogP contribution is -1.78. The van der Waals surface area contributed by atoms with E-state index in [9.17, 15) is 5.11 Å². The van der Waals surface area contributed by atoms with E-state index in [1.165, 1.54) is 12.8 Å². The van der Waals surface area contributed by atoms with Crippen LogP contribution in [0, 0.1) is 6.42 Å². The van der Waals surface area contributed by atoms with Gasteiger partial charge in [0, 0.05) is 0 Å². The van der Waals surface area contributed by atoms with Gasteiger partial charge in [0.05, 0.1) is 6.61 Å². The largest absolute Gasteiger partial charge is 0.237 e. The smallest absolute Gasteiger partial charge is 0.0822 e. The molecule has 1 nitrogen and oxygen atoms in total. The Kier molecular flexibility index (Phi) is 20.2. The highest BCUT2D eigenvalue weighted by Gasteiger charge is 1.82. The normalized spacial score (nSPS) is 8.40. The summed E-state index contributed by atoms with van der Waals surface area (Å²) in [5.74, 6) is 0. The van der Waals surface area contributed by atoms with Gasteiger partial charge in [-0.2, -0.15) is 0 Å². The minimum Gasteiger partial charge on any atom is -0.237 e. The molecule has 0 aliphatic heterocycles. The van der Waals surface area contributed by atoms with E-state index < -0.39 is 0 Å². The highest BCUT2D eigenvalue weighted by molar-refractivity contribution is 4.35. The van der Waals surface area contributed by atoms with Crippen LogP contribution in [0.3, 0.4) is 0 Å². The first kappa shape index (κ1) is 12.6. The Morgan fingerprint density at radius 3 is 1.90 bits per heavy atom. The maximum absolute atomic E-state index is 9.80. The van der Waals surface area contributed by atoms with Crippen molar-refractivity contribution in [1.82, 2.24) is 0 Å². The predicted octanol–water partition coefficient (Wildman–Crippen LogP) is 3.23. The van der Waals surface area contributed by atoms with Crippen molar-refractivity contribution in [3.63, 3.8) is 0 Å². The minimum absolute atomic E-state index is 0.111. The second-order valence-corrected chi connectivity index (χ2v) is 2.34. The molecule has 0 aromatic carbocycles. The molecule has 0 saturated carbocycles. The van der Waals surface area contributed by atoms with Gasteiger partial charge < -0.3 is 0 Å². The zero-order valence-electron chi connectivity index (χ0n) is 7.52. The molecule has 0 saturated heterocycles. The van der Waals surface area contributed by atoms with Gasteiger partial charge in [-0.3, -0.25) is 0 Å². The third-order valence-corrected chi connectivity index (χ3v) is 0.998. The predicted molar refractivity (Wildman–Crippen MR) is 45.3 cm³/mol. The summed E-state index contributed by atoms with van der Waals surface area (Å²) in [6.45, 7) is 6.25. The standard InChI is InChI=1S/C6H13O.C3H7/c1-2-3-4-5-6-7;1-3-2/h2-6H2,1H3;3H,1-2H3. The van der Waals surface area contributed by atoms with Crippen molar-refractivity contribution in [2.24, 2.45) is 0 Å². The van der Waals surface area contributed by atoms with Crippen molar-refractivity contribution in [3.05, 3.63) is 6.42 Å². The maximum Gasteiger partial charge on any atom is 0.0822 e. The average Bonchev–Trinajstić information content (AvgIpc) is 1.91. The van der Waals surface area contributed by atoms with E-state index in [1.54, 1.807) is 0 Å². The lowest BCUT2D eigenvalue weighted by molar-refractivity contribution is 0.186. The van der Waals surface area contributed by atoms with Crippen molar-refractivity contribution in [3.8, 4) is 0 Å². The second-order valence-electron chi connectivity index (χ2n) is 2.34. The molecule has 0 fully saturated rings. The molecule has 62 valence electrons. The van der Waals surface area contributed by atoms with E-state index in [-0.39, 0.29) is 6.61 Å². The van der Waals surface area contributed by atoms with Crippen molar-refractivity contribution < 1.29 is 5.11 Å². The zero-order chi connectivity index (χ0) is 8.24. The van der Waals surface area contributed by atoms with Crippen molar-refractivity contribution in [2.45, 2.75) is 46.5 Å². The summed E-state index contributed by atoms with van der Waals surface area (Å²) in [6, 6.07) is 0. The maximum atomic E-state index is 9.80. The van der Waals surface area contributed by atoms with E-state index >= 15 is 0 Å². The van der Waals surface area contributed by atoms with Gasteiger partial charge >= 0.3 is 0 Å². The topological polar surface area (TPSA) is 19.9 Å². The van der Waals surface area contributed by atoms with Gasteiger partial charge in [0.25, 0.3) is 0 Å². The van der Waals surface area contributed by atoms with Crippen LogP contribution in [-0.2, 0) is 5.11 Å². The third-order valence-electron chi connectivity index (χ3n) is 0.998. The molecule has 0 unspecified atom stereocenters. The lowest BCUT2D eigenvalue weighted by Gasteiger charge is -1.89. The summed E-state index contributed by atoms with van der Waals surface area (Å²) in [6.07, 6.45) is 6.44. The van der Waals surface area contributed by atoms with Gasteiger partial charge in [-0.15, -0.1) is 0 Å². The van der Waals surface area contributed by atoms with Gasteiger partial charge in [0.15, 0.2) is 0 Å². The number of hydrogen-bond donors (Lipinski definition) is 0. The van der Waals surface area contributed by atoms with E-state index in [0.29, 0.717) is 0 Å². The number of unbranched alkanes of at least 4 members (excludes halogenated alkanes) is 3. The summed E-state index contributed by atoms with van der Waals surface area (Å²) in [5, 5.41) is 9.80. The quantitative estimate of drug-likeness (QED) is 0.540. The van der Waals surface area contributed by atoms with Gasteiger partial charge in [-0.25, -0.2) is 5.11 Å². The molecule has 1 heteroatoms. The van der Waals surface area contributed by atoms with E-state index in [4.69, 9.17) is 0 Å². The molecule has 0 spiro atoms. The van der Waals surface area contributed by atoms with E-state index in [0.717, 1.165) is 12.8 Å². The Hall–Kier alpha value is -0.0400. The molecule has 0 aliphatic carbocycles. The Bertz CT molecular complexity index is 31.7. The van der Waals surface area contributed by atoms with E-state index in [2.05, 4.69) is 6.92 Å². The van der Waals surface area contributed by atoms with Crippen LogP contribution in [0.25, 0.3) is 0 Å². The monoisotopic (exact) mass is 144 g/mol. The van der Waals surface area contributed by atoms with Gasteiger partial charge in [-0.1, -0.05) is 40.0 Å². The summed E-state index contributed by atoms with van der Waals surface area (Å²) >= 11 is 0. The van der Waals surface area contributed by atoms with Gasteiger partial charge in [0.1, 0.15) is 0 Å². The number of hydrogen-bond acceptors (Lipinski definition) is 0. The first-order valence-corrected chi connectivity index (χ1v) is 4.15. The fourth-order valence-electron chi connectivity index (χ4n) is 0.529. The van der Waals surface area contributed by atoms with Crippen LogP contribution < -0.4 is 0 Å². The Labute approximate surface area is 65.5 Å². The lowest BCUT2D eigenvalue weighted by atomic mass is 10.2. The van der Waals surface area contributed by atoms with E-state index in [1.807, 2.05) is 20.3 Å². The van der Waals surface area contributed by atoms with Crippen LogP contribution in [0.15, 0.2) is 0 Å². The molecule has 0 bridgehead atoms. The van der Waals surface area contributed by atoms with Crippen LogP contribution in [-0.4, -0.2) is 6.61 Å². The molecule has 0 aromatic rings. The van der Waals surface area contributed by atoms with Crippen LogP contribution in [0.1, 0.15) is 46.5 Å². The van der Waals surface area contributed by atoms with Gasteiger partial charge in [-0.05, 0) is 12.8 Å². The first-order valence-electron chi connectivity index (χ1n) is 4.15. The fourth-order valence-corrected chi connectivity index (χ4v) is 0.529. The summed E-state index contributed by atoms with van der Waals surface area (Å²) in [5.41, 5.74) is 0. The summed E-state index contributed by atoms with van der Waals surface area (Å²) in [7, 11) is 0. The molecule has 0 N–H and O–H groups in total. The van der Waals surface area contributed by atoms with Crippen LogP contribution >= 0.6 is 0 Å².